The molecule has 48 valence electrons. The maximum absolute atomic E-state index is 0. The van der Waals surface area contributed by atoms with E-state index in [1.54, 1.807) is 0 Å². The number of hydrogen-bond donors (Lipinski definition) is 0. The summed E-state index contributed by atoms with van der Waals surface area (Å²) in [5, 5.41) is 0. The molecule has 0 rings (SSSR count). The molecular weight excluding hydrogens is 154 g/mol. The van der Waals surface area contributed by atoms with Crippen LogP contribution < -0.4 is 18.9 Å². The van der Waals surface area contributed by atoms with Crippen LogP contribution in [0.4, 0.5) is 0 Å². The van der Waals surface area contributed by atoms with E-state index in [2.05, 4.69) is 0 Å². The van der Waals surface area contributed by atoms with Crippen LogP contribution in [0.3, 0.4) is 0 Å². The first-order valence-corrected chi connectivity index (χ1v) is 0. The van der Waals surface area contributed by atoms with Crippen molar-refractivity contribution in [1.29, 1.82) is 0 Å². The Labute approximate surface area is 91.7 Å². The molecule has 0 bridgehead atoms. The molecule has 0 amide bonds. The van der Waals surface area contributed by atoms with Gasteiger partial charge in [0, 0.05) is 0 Å². The monoisotopic (exact) mass is 160 g/mol. The van der Waals surface area contributed by atoms with E-state index < -0.39 is 0 Å². The Hall–Kier alpha value is 1.66. The van der Waals surface area contributed by atoms with Crippen molar-refractivity contribution < 1.29 is 51.7 Å². The minimum atomic E-state index is 0. The Morgan fingerprint density at radius 3 is 0.444 bits per heavy atom. The fourth-order valence-electron chi connectivity index (χ4n) is 0. The van der Waals surface area contributed by atoms with Crippen molar-refractivity contribution in [3.63, 3.8) is 0 Å². The smallest absolute Gasteiger partial charge is 0.870 e. The molecule has 6 nitrogen and oxygen atoms in total. The molecule has 0 atom stereocenters. The molecular formula is H6AlLiMgO6. The first kappa shape index (κ1) is 362. The minimum absolute atomic E-state index is 0. The van der Waals surface area contributed by atoms with E-state index >= 15 is 0 Å². The summed E-state index contributed by atoms with van der Waals surface area (Å²) < 4.78 is 0. The molecule has 0 radical (unpaired) electrons. The van der Waals surface area contributed by atoms with Gasteiger partial charge in [0.1, 0.15) is 0 Å². The summed E-state index contributed by atoms with van der Waals surface area (Å²) in [6.45, 7) is 0. The van der Waals surface area contributed by atoms with Crippen molar-refractivity contribution in [3.8, 4) is 0 Å². The SMILES string of the molecule is [Al+3].[Li+].[Mg+2].[OH-].[OH-].[OH-].[OH-].[OH-].[OH-]. The third-order valence-corrected chi connectivity index (χ3v) is 0. The molecule has 0 saturated carbocycles. The Morgan fingerprint density at radius 1 is 0.444 bits per heavy atom. The normalized spacial score (nSPS) is 0. The van der Waals surface area contributed by atoms with Gasteiger partial charge in [-0.1, -0.05) is 0 Å². The van der Waals surface area contributed by atoms with Crippen LogP contribution in [0.2, 0.25) is 0 Å². The standard InChI is InChI=1S/Al.Li.Mg.6H2O/h;;;6*1H2/q+3;+1;+2;;;;;;/p-6. The van der Waals surface area contributed by atoms with E-state index in [1.165, 1.54) is 0 Å². The van der Waals surface area contributed by atoms with Gasteiger partial charge in [0.25, 0.3) is 0 Å². The van der Waals surface area contributed by atoms with Crippen LogP contribution in [0.15, 0.2) is 0 Å². The van der Waals surface area contributed by atoms with Crippen molar-refractivity contribution in [3.05, 3.63) is 0 Å². The Balaban J connectivity index is 0. The van der Waals surface area contributed by atoms with Crippen LogP contribution in [0.5, 0.6) is 0 Å². The first-order valence-electron chi connectivity index (χ1n) is 0. The van der Waals surface area contributed by atoms with Gasteiger partial charge in [-0.3, -0.25) is 0 Å². The van der Waals surface area contributed by atoms with Crippen LogP contribution in [0.25, 0.3) is 0 Å². The van der Waals surface area contributed by atoms with Gasteiger partial charge in [-0.2, -0.15) is 0 Å². The summed E-state index contributed by atoms with van der Waals surface area (Å²) in [6, 6.07) is 0. The maximum atomic E-state index is 0. The Kier molecular flexibility index (Phi) is 10600. The summed E-state index contributed by atoms with van der Waals surface area (Å²) in [4.78, 5) is 0. The predicted molar refractivity (Wildman–Crippen MR) is 23.1 cm³/mol. The molecule has 0 aliphatic carbocycles. The van der Waals surface area contributed by atoms with E-state index in [9.17, 15) is 0 Å². The zero-order valence-corrected chi connectivity index (χ0v) is 7.54. The molecule has 0 aliphatic heterocycles. The van der Waals surface area contributed by atoms with E-state index in [1.807, 2.05) is 0 Å². The van der Waals surface area contributed by atoms with Crippen LogP contribution in [-0.4, -0.2) is 73.3 Å². The molecule has 9 heteroatoms. The zero-order chi connectivity index (χ0) is 0. The van der Waals surface area contributed by atoms with Crippen molar-refractivity contribution in [1.82, 2.24) is 0 Å². The van der Waals surface area contributed by atoms with Gasteiger partial charge >= 0.3 is 59.3 Å². The van der Waals surface area contributed by atoms with Crippen molar-refractivity contribution in [2.75, 3.05) is 0 Å². The molecule has 0 aromatic rings. The van der Waals surface area contributed by atoms with E-state index in [-0.39, 0.29) is 92.1 Å². The molecule has 0 saturated heterocycles. The fourth-order valence-corrected chi connectivity index (χ4v) is 0. The molecule has 0 unspecified atom stereocenters. The van der Waals surface area contributed by atoms with Crippen LogP contribution in [0, 0.1) is 0 Å². The molecule has 0 fully saturated rings. The molecule has 0 aromatic carbocycles. The third-order valence-electron chi connectivity index (χ3n) is 0. The average molecular weight is 160 g/mol. The molecule has 0 aliphatic rings. The van der Waals surface area contributed by atoms with Gasteiger partial charge in [0.05, 0.1) is 0 Å². The van der Waals surface area contributed by atoms with E-state index in [0.717, 1.165) is 0 Å². The number of hydrogen-bond acceptors (Lipinski definition) is 6. The van der Waals surface area contributed by atoms with Gasteiger partial charge < -0.3 is 32.9 Å². The topological polar surface area (TPSA) is 180 Å². The molecule has 0 spiro atoms. The summed E-state index contributed by atoms with van der Waals surface area (Å²) in [5.74, 6) is 0. The second kappa shape index (κ2) is 264. The van der Waals surface area contributed by atoms with Crippen LogP contribution >= 0.6 is 0 Å². The Morgan fingerprint density at radius 2 is 0.444 bits per heavy atom. The second-order valence-corrected chi connectivity index (χ2v) is 0. The zero-order valence-electron chi connectivity index (χ0n) is 4.97. The maximum Gasteiger partial charge on any atom is 3.00 e. The fraction of sp³-hybridized carbons (Fsp3) is 0. The van der Waals surface area contributed by atoms with Gasteiger partial charge in [0.15, 0.2) is 0 Å². The van der Waals surface area contributed by atoms with E-state index in [4.69, 9.17) is 0 Å². The second-order valence-electron chi connectivity index (χ2n) is 0. The molecule has 9 heavy (non-hydrogen) atoms. The minimum Gasteiger partial charge on any atom is -0.870 e. The van der Waals surface area contributed by atoms with Gasteiger partial charge in [-0.15, -0.1) is 0 Å². The third kappa shape index (κ3) is 206. The predicted octanol–water partition coefficient (Wildman–Crippen LogP) is -4.82. The summed E-state index contributed by atoms with van der Waals surface area (Å²) >= 11 is 0. The van der Waals surface area contributed by atoms with Crippen LogP contribution in [0.1, 0.15) is 0 Å². The summed E-state index contributed by atoms with van der Waals surface area (Å²) in [5.41, 5.74) is 0. The largest absolute Gasteiger partial charge is 3.00 e. The molecule has 0 heterocycles. The quantitative estimate of drug-likeness (QED) is 0.320. The summed E-state index contributed by atoms with van der Waals surface area (Å²) in [7, 11) is 0. The van der Waals surface area contributed by atoms with Crippen molar-refractivity contribution >= 4 is 40.4 Å². The van der Waals surface area contributed by atoms with Gasteiger partial charge in [-0.25, -0.2) is 0 Å². The average Bonchev–Trinajstić information content (AvgIpc) is 0. The van der Waals surface area contributed by atoms with Crippen LogP contribution in [-0.2, 0) is 0 Å². The van der Waals surface area contributed by atoms with Gasteiger partial charge in [0.2, 0.25) is 0 Å². The van der Waals surface area contributed by atoms with Crippen molar-refractivity contribution in [2.24, 2.45) is 0 Å². The molecule has 0 aromatic heterocycles. The van der Waals surface area contributed by atoms with Crippen molar-refractivity contribution in [2.45, 2.75) is 0 Å². The molecule has 6 N–H and O–H groups in total. The van der Waals surface area contributed by atoms with E-state index in [0.29, 0.717) is 0 Å². The first-order chi connectivity index (χ1) is 0. The van der Waals surface area contributed by atoms with Gasteiger partial charge in [-0.05, 0) is 0 Å². The Bertz CT molecular complexity index is 13.0. The summed E-state index contributed by atoms with van der Waals surface area (Å²) in [6.07, 6.45) is 0. The number of rotatable bonds is 0.